The van der Waals surface area contributed by atoms with Crippen molar-refractivity contribution in [1.29, 1.82) is 0 Å². The van der Waals surface area contributed by atoms with Crippen molar-refractivity contribution in [1.82, 2.24) is 0 Å². The fourth-order valence-electron chi connectivity index (χ4n) is 1.57. The average Bonchev–Trinajstić information content (AvgIpc) is 2.29. The van der Waals surface area contributed by atoms with Crippen LogP contribution in [0.1, 0.15) is 20.3 Å². The SMILES string of the molecule is COc1cc(NC(C)=O)ccc1NC(=O)CC(C)N. The number of ether oxygens (including phenoxy) is 1. The van der Waals surface area contributed by atoms with Crippen LogP contribution < -0.4 is 21.1 Å². The van der Waals surface area contributed by atoms with Gasteiger partial charge >= 0.3 is 0 Å². The third-order valence-corrected chi connectivity index (χ3v) is 2.30. The van der Waals surface area contributed by atoms with Crippen LogP contribution in [0.15, 0.2) is 18.2 Å². The number of rotatable bonds is 5. The normalized spacial score (nSPS) is 11.6. The minimum atomic E-state index is -0.204. The van der Waals surface area contributed by atoms with Crippen molar-refractivity contribution in [3.8, 4) is 5.75 Å². The molecule has 1 aromatic rings. The minimum absolute atomic E-state index is 0.171. The van der Waals surface area contributed by atoms with Gasteiger partial charge < -0.3 is 21.1 Å². The van der Waals surface area contributed by atoms with Gasteiger partial charge in [-0.1, -0.05) is 0 Å². The third-order valence-electron chi connectivity index (χ3n) is 2.30. The van der Waals surface area contributed by atoms with Crippen LogP contribution in [-0.2, 0) is 9.59 Å². The van der Waals surface area contributed by atoms with Crippen LogP contribution in [0.4, 0.5) is 11.4 Å². The number of hydrogen-bond acceptors (Lipinski definition) is 4. The molecule has 0 spiro atoms. The smallest absolute Gasteiger partial charge is 0.226 e. The molecule has 0 saturated heterocycles. The van der Waals surface area contributed by atoms with Gasteiger partial charge in [0.05, 0.1) is 12.8 Å². The predicted molar refractivity (Wildman–Crippen MR) is 74.2 cm³/mol. The molecule has 1 aromatic carbocycles. The van der Waals surface area contributed by atoms with Crippen LogP contribution in [0.5, 0.6) is 5.75 Å². The van der Waals surface area contributed by atoms with E-state index in [0.29, 0.717) is 17.1 Å². The Labute approximate surface area is 112 Å². The molecule has 0 aromatic heterocycles. The van der Waals surface area contributed by atoms with E-state index < -0.39 is 0 Å². The molecule has 2 amide bonds. The first kappa shape index (κ1) is 15.0. The van der Waals surface area contributed by atoms with Crippen molar-refractivity contribution in [3.63, 3.8) is 0 Å². The van der Waals surface area contributed by atoms with Gasteiger partial charge in [0.1, 0.15) is 5.75 Å². The van der Waals surface area contributed by atoms with E-state index in [9.17, 15) is 9.59 Å². The molecule has 6 heteroatoms. The highest BCUT2D eigenvalue weighted by Gasteiger charge is 2.10. The van der Waals surface area contributed by atoms with E-state index in [1.165, 1.54) is 14.0 Å². The number of nitrogens with one attached hydrogen (secondary N) is 2. The molecule has 0 bridgehead atoms. The van der Waals surface area contributed by atoms with Crippen molar-refractivity contribution in [2.45, 2.75) is 26.3 Å². The molecule has 0 fully saturated rings. The summed E-state index contributed by atoms with van der Waals surface area (Å²) in [4.78, 5) is 22.6. The summed E-state index contributed by atoms with van der Waals surface area (Å²) in [5, 5.41) is 5.36. The number of methoxy groups -OCH3 is 1. The molecule has 0 aliphatic rings. The van der Waals surface area contributed by atoms with Crippen molar-refractivity contribution in [2.75, 3.05) is 17.7 Å². The minimum Gasteiger partial charge on any atom is -0.494 e. The lowest BCUT2D eigenvalue weighted by Crippen LogP contribution is -2.24. The number of benzene rings is 1. The zero-order valence-corrected chi connectivity index (χ0v) is 11.3. The van der Waals surface area contributed by atoms with Gasteiger partial charge in [-0.2, -0.15) is 0 Å². The number of amides is 2. The quantitative estimate of drug-likeness (QED) is 0.748. The molecule has 1 atom stereocenters. The summed E-state index contributed by atoms with van der Waals surface area (Å²) in [7, 11) is 1.49. The molecule has 4 N–H and O–H groups in total. The highest BCUT2D eigenvalue weighted by molar-refractivity contribution is 5.94. The molecule has 0 saturated carbocycles. The van der Waals surface area contributed by atoms with Gasteiger partial charge in [-0.15, -0.1) is 0 Å². The number of carbonyl (C=O) groups is 2. The summed E-state index contributed by atoms with van der Waals surface area (Å²) >= 11 is 0. The Kier molecular flexibility index (Phi) is 5.32. The number of hydrogen-bond donors (Lipinski definition) is 3. The van der Waals surface area contributed by atoms with E-state index in [1.54, 1.807) is 25.1 Å². The first-order valence-corrected chi connectivity index (χ1v) is 5.93. The first-order chi connectivity index (χ1) is 8.92. The van der Waals surface area contributed by atoms with Crippen molar-refractivity contribution < 1.29 is 14.3 Å². The number of carbonyl (C=O) groups excluding carboxylic acids is 2. The Morgan fingerprint density at radius 2 is 2.05 bits per heavy atom. The largest absolute Gasteiger partial charge is 0.494 e. The second-order valence-electron chi connectivity index (χ2n) is 4.33. The topological polar surface area (TPSA) is 93.5 Å². The Bertz CT molecular complexity index is 472. The highest BCUT2D eigenvalue weighted by atomic mass is 16.5. The van der Waals surface area contributed by atoms with Gasteiger partial charge in [0.25, 0.3) is 0 Å². The maximum Gasteiger partial charge on any atom is 0.226 e. The van der Waals surface area contributed by atoms with Crippen LogP contribution in [0.3, 0.4) is 0 Å². The van der Waals surface area contributed by atoms with Gasteiger partial charge in [0, 0.05) is 31.1 Å². The molecule has 1 rings (SSSR count). The average molecular weight is 265 g/mol. The van der Waals surface area contributed by atoms with Crippen molar-refractivity contribution in [3.05, 3.63) is 18.2 Å². The predicted octanol–water partition coefficient (Wildman–Crippen LogP) is 1.33. The Balaban J connectivity index is 2.84. The molecular weight excluding hydrogens is 246 g/mol. The maximum atomic E-state index is 11.6. The lowest BCUT2D eigenvalue weighted by Gasteiger charge is -2.13. The van der Waals surface area contributed by atoms with Crippen molar-refractivity contribution >= 4 is 23.2 Å². The number of nitrogens with two attached hydrogens (primary N) is 1. The fraction of sp³-hybridized carbons (Fsp3) is 0.385. The van der Waals surface area contributed by atoms with E-state index in [1.807, 2.05) is 0 Å². The van der Waals surface area contributed by atoms with Gasteiger partial charge in [-0.05, 0) is 19.1 Å². The van der Waals surface area contributed by atoms with Gasteiger partial charge in [-0.3, -0.25) is 9.59 Å². The Morgan fingerprint density at radius 3 is 2.58 bits per heavy atom. The molecule has 104 valence electrons. The summed E-state index contributed by atoms with van der Waals surface area (Å²) in [6, 6.07) is 4.79. The van der Waals surface area contributed by atoms with E-state index in [-0.39, 0.29) is 24.3 Å². The van der Waals surface area contributed by atoms with Gasteiger partial charge in [-0.25, -0.2) is 0 Å². The number of anilines is 2. The zero-order valence-electron chi connectivity index (χ0n) is 11.3. The summed E-state index contributed by atoms with van der Waals surface area (Å²) in [6.45, 7) is 3.18. The van der Waals surface area contributed by atoms with Crippen LogP contribution in [0.2, 0.25) is 0 Å². The van der Waals surface area contributed by atoms with Crippen LogP contribution in [0.25, 0.3) is 0 Å². The molecular formula is C13H19N3O3. The third kappa shape index (κ3) is 4.97. The second kappa shape index (κ2) is 6.75. The van der Waals surface area contributed by atoms with Crippen LogP contribution in [-0.4, -0.2) is 25.0 Å². The maximum absolute atomic E-state index is 11.6. The summed E-state index contributed by atoms with van der Waals surface area (Å²) in [5.41, 5.74) is 6.71. The molecule has 0 heterocycles. The lowest BCUT2D eigenvalue weighted by atomic mass is 10.2. The summed E-state index contributed by atoms with van der Waals surface area (Å²) in [6.07, 6.45) is 0.233. The molecule has 1 unspecified atom stereocenters. The van der Waals surface area contributed by atoms with Crippen LogP contribution >= 0.6 is 0 Å². The van der Waals surface area contributed by atoms with Crippen molar-refractivity contribution in [2.24, 2.45) is 5.73 Å². The van der Waals surface area contributed by atoms with E-state index in [4.69, 9.17) is 10.5 Å². The molecule has 0 radical (unpaired) electrons. The Morgan fingerprint density at radius 1 is 1.37 bits per heavy atom. The molecule has 0 aliphatic carbocycles. The van der Waals surface area contributed by atoms with E-state index in [2.05, 4.69) is 10.6 Å². The Hall–Kier alpha value is -2.08. The van der Waals surface area contributed by atoms with Gasteiger partial charge in [0.15, 0.2) is 0 Å². The molecule has 19 heavy (non-hydrogen) atoms. The standard InChI is InChI=1S/C13H19N3O3/c1-8(14)6-13(18)16-11-5-4-10(15-9(2)17)7-12(11)19-3/h4-5,7-8H,6,14H2,1-3H3,(H,15,17)(H,16,18). The molecule has 0 aliphatic heterocycles. The zero-order chi connectivity index (χ0) is 14.4. The van der Waals surface area contributed by atoms with E-state index in [0.717, 1.165) is 0 Å². The van der Waals surface area contributed by atoms with Crippen LogP contribution in [0, 0.1) is 0 Å². The summed E-state index contributed by atoms with van der Waals surface area (Å²) in [5.74, 6) is 0.126. The van der Waals surface area contributed by atoms with Gasteiger partial charge in [0.2, 0.25) is 11.8 Å². The second-order valence-corrected chi connectivity index (χ2v) is 4.33. The highest BCUT2D eigenvalue weighted by Crippen LogP contribution is 2.28. The first-order valence-electron chi connectivity index (χ1n) is 5.93. The fourth-order valence-corrected chi connectivity index (χ4v) is 1.57. The lowest BCUT2D eigenvalue weighted by molar-refractivity contribution is -0.116. The monoisotopic (exact) mass is 265 g/mol. The molecule has 6 nitrogen and oxygen atoms in total. The van der Waals surface area contributed by atoms with E-state index >= 15 is 0 Å². The summed E-state index contributed by atoms with van der Waals surface area (Å²) < 4.78 is 5.18.